The van der Waals surface area contributed by atoms with Gasteiger partial charge in [0.15, 0.2) is 17.5 Å². The van der Waals surface area contributed by atoms with Gasteiger partial charge in [0.1, 0.15) is 54.9 Å². The number of aromatic nitrogens is 3. The van der Waals surface area contributed by atoms with Gasteiger partial charge in [-0.05, 0) is 44.2 Å². The Morgan fingerprint density at radius 1 is 0.286 bits per heavy atom. The maximum absolute atomic E-state index is 6.87. The van der Waals surface area contributed by atoms with E-state index in [9.17, 15) is 0 Å². The molecule has 0 saturated carbocycles. The van der Waals surface area contributed by atoms with E-state index in [4.69, 9.17) is 69.9 Å². The van der Waals surface area contributed by atoms with Crippen LogP contribution in [0.1, 0.15) is 0 Å². The highest BCUT2D eigenvalue weighted by molar-refractivity contribution is 7.28. The van der Waals surface area contributed by atoms with Crippen LogP contribution in [-0.2, 0) is 0 Å². The Morgan fingerprint density at radius 3 is 1.04 bits per heavy atom. The van der Waals surface area contributed by atoms with Gasteiger partial charge in [0.2, 0.25) is 0 Å². The minimum absolute atomic E-state index is 0.198. The summed E-state index contributed by atoms with van der Waals surface area (Å²) in [7, 11) is 45.5. The summed E-state index contributed by atoms with van der Waals surface area (Å²) in [4.78, 5) is 14.9. The van der Waals surface area contributed by atoms with Crippen molar-refractivity contribution in [3.8, 4) is 67.5 Å². The van der Waals surface area contributed by atoms with Crippen LogP contribution in [0.4, 0.5) is 0 Å². The molecule has 7 aromatic carbocycles. The second-order valence-corrected chi connectivity index (χ2v) is 14.6. The van der Waals surface area contributed by atoms with Gasteiger partial charge in [0.25, 0.3) is 0 Å². The minimum Gasteiger partial charge on any atom is -0.208 e. The minimum atomic E-state index is 0.198. The third-order valence-corrected chi connectivity index (χ3v) is 11.5. The molecule has 0 aliphatic heterocycles. The van der Waals surface area contributed by atoms with Crippen molar-refractivity contribution in [3.05, 3.63) is 133 Å². The first-order chi connectivity index (χ1) is 27.2. The van der Waals surface area contributed by atoms with Crippen LogP contribution >= 0.6 is 11.3 Å². The molecule has 0 unspecified atom stereocenters. The standard InChI is InChI=1S/C45H22B7N3S/c46-34-31(37(49)41-32(35(34)47)33-36(48)38(50)39(51)40(52)42(33)56-41)27-15-21-30(22-16-27)45-54-43(28-17-11-25(12-18-28)23-7-3-1-4-8-23)53-44(55-45)29-19-13-26(14-20-29)24-9-5-2-6-10-24/h1-22H. The van der Waals surface area contributed by atoms with E-state index in [2.05, 4.69) is 48.5 Å². The average Bonchev–Trinajstić information content (AvgIpc) is 3.67. The Balaban J connectivity index is 1.14. The fraction of sp³-hybridized carbons (Fsp3) is 0. The van der Waals surface area contributed by atoms with Crippen LogP contribution in [-0.4, -0.2) is 69.9 Å². The molecule has 56 heavy (non-hydrogen) atoms. The van der Waals surface area contributed by atoms with Gasteiger partial charge < -0.3 is 0 Å². The molecule has 0 bridgehead atoms. The summed E-state index contributed by atoms with van der Waals surface area (Å²) in [5.41, 5.74) is 10.5. The monoisotopic (exact) mass is 713 g/mol. The van der Waals surface area contributed by atoms with Crippen molar-refractivity contribution in [2.45, 2.75) is 0 Å². The molecule has 0 aliphatic carbocycles. The van der Waals surface area contributed by atoms with E-state index in [0.717, 1.165) is 44.5 Å². The van der Waals surface area contributed by atoms with Gasteiger partial charge in [-0.2, -0.15) is 0 Å². The van der Waals surface area contributed by atoms with Crippen molar-refractivity contribution < 1.29 is 0 Å². The van der Waals surface area contributed by atoms with E-state index in [1.807, 2.05) is 84.9 Å². The largest absolute Gasteiger partial charge is 0.208 e. The van der Waals surface area contributed by atoms with Crippen LogP contribution in [0.25, 0.3) is 87.7 Å². The first-order valence-electron chi connectivity index (χ1n) is 17.8. The molecule has 0 amide bonds. The molecule has 0 saturated heterocycles. The molecule has 244 valence electrons. The van der Waals surface area contributed by atoms with Gasteiger partial charge in [-0.1, -0.05) is 161 Å². The Hall–Kier alpha value is -5.78. The zero-order valence-corrected chi connectivity index (χ0v) is 30.8. The summed E-state index contributed by atoms with van der Waals surface area (Å²) in [6.45, 7) is 0. The third kappa shape index (κ3) is 6.15. The lowest BCUT2D eigenvalue weighted by Crippen LogP contribution is -2.47. The molecular formula is C45H22B7N3S. The maximum atomic E-state index is 6.87. The van der Waals surface area contributed by atoms with Gasteiger partial charge in [-0.3, -0.25) is 0 Å². The quantitative estimate of drug-likeness (QED) is 0.247. The van der Waals surface area contributed by atoms with Gasteiger partial charge in [-0.25, -0.2) is 15.0 Å². The van der Waals surface area contributed by atoms with E-state index >= 15 is 0 Å². The fourth-order valence-electron chi connectivity index (χ4n) is 7.14. The SMILES string of the molecule is [B]c1c([B])c([B])c2c(sc3c([B])c(-c4ccc(-c5nc(-c6ccc(-c7ccccc7)cc6)nc(-c6ccc(-c7ccccc7)cc6)n5)cc4)c([B])c([B])c32)c1[B]. The van der Waals surface area contributed by atoms with E-state index in [-0.39, 0.29) is 16.4 Å². The first-order valence-corrected chi connectivity index (χ1v) is 18.6. The van der Waals surface area contributed by atoms with E-state index < -0.39 is 0 Å². The van der Waals surface area contributed by atoms with Crippen molar-refractivity contribution in [1.82, 2.24) is 15.0 Å². The highest BCUT2D eigenvalue weighted by Gasteiger charge is 2.21. The molecular weight excluding hydrogens is 690 g/mol. The van der Waals surface area contributed by atoms with Gasteiger partial charge in [0, 0.05) is 26.1 Å². The maximum Gasteiger partial charge on any atom is 0.164 e. The third-order valence-electron chi connectivity index (χ3n) is 10.2. The number of fused-ring (bicyclic) bond motifs is 3. The normalized spacial score (nSPS) is 11.4. The highest BCUT2D eigenvalue weighted by atomic mass is 32.1. The van der Waals surface area contributed by atoms with Crippen LogP contribution in [0, 0.1) is 0 Å². The van der Waals surface area contributed by atoms with E-state index in [1.54, 1.807) is 0 Å². The molecule has 9 rings (SSSR count). The molecule has 0 spiro atoms. The van der Waals surface area contributed by atoms with Crippen molar-refractivity contribution in [1.29, 1.82) is 0 Å². The summed E-state index contributed by atoms with van der Waals surface area (Å²) in [6, 6.07) is 44.7. The predicted octanol–water partition coefficient (Wildman–Crippen LogP) is 3.80. The predicted molar refractivity (Wildman–Crippen MR) is 243 cm³/mol. The number of thiophene rings is 1. The number of nitrogens with zero attached hydrogens (tertiary/aromatic N) is 3. The van der Waals surface area contributed by atoms with Gasteiger partial charge in [-0.15, -0.1) is 22.3 Å². The van der Waals surface area contributed by atoms with Crippen molar-refractivity contribution in [2.75, 3.05) is 0 Å². The summed E-state index contributed by atoms with van der Waals surface area (Å²) in [5, 5.41) is 1.20. The van der Waals surface area contributed by atoms with Gasteiger partial charge >= 0.3 is 0 Å². The summed E-state index contributed by atoms with van der Waals surface area (Å²) < 4.78 is 1.35. The van der Waals surface area contributed by atoms with Crippen LogP contribution in [0.2, 0.25) is 0 Å². The molecule has 11 heteroatoms. The van der Waals surface area contributed by atoms with E-state index in [1.165, 1.54) is 11.3 Å². The molecule has 2 heterocycles. The Bertz CT molecular complexity index is 2850. The lowest BCUT2D eigenvalue weighted by atomic mass is 9.64. The molecule has 3 nitrogen and oxygen atoms in total. The topological polar surface area (TPSA) is 38.7 Å². The van der Waals surface area contributed by atoms with Crippen LogP contribution in [0.5, 0.6) is 0 Å². The summed E-state index contributed by atoms with van der Waals surface area (Å²) in [5.74, 6) is 1.62. The summed E-state index contributed by atoms with van der Waals surface area (Å²) >= 11 is 1.35. The second-order valence-electron chi connectivity index (χ2n) is 13.6. The lowest BCUT2D eigenvalue weighted by molar-refractivity contribution is 1.07. The molecule has 0 aliphatic rings. The first kappa shape index (κ1) is 35.9. The van der Waals surface area contributed by atoms with Crippen molar-refractivity contribution in [3.63, 3.8) is 0 Å². The molecule has 0 atom stereocenters. The summed E-state index contributed by atoms with van der Waals surface area (Å²) in [6.07, 6.45) is 0. The molecule has 14 radical (unpaired) electrons. The zero-order chi connectivity index (χ0) is 38.7. The number of benzene rings is 7. The smallest absolute Gasteiger partial charge is 0.164 e. The lowest BCUT2D eigenvalue weighted by Gasteiger charge is -2.18. The van der Waals surface area contributed by atoms with Crippen molar-refractivity contribution in [2.24, 2.45) is 0 Å². The Morgan fingerprint density at radius 2 is 0.607 bits per heavy atom. The molecule has 0 N–H and O–H groups in total. The molecule has 0 fully saturated rings. The van der Waals surface area contributed by atoms with Crippen LogP contribution in [0.3, 0.4) is 0 Å². The van der Waals surface area contributed by atoms with Gasteiger partial charge in [0.05, 0.1) is 0 Å². The van der Waals surface area contributed by atoms with Crippen molar-refractivity contribution >= 4 is 125 Å². The Labute approximate surface area is 338 Å². The number of rotatable bonds is 6. The van der Waals surface area contributed by atoms with Crippen LogP contribution < -0.4 is 38.2 Å². The molecule has 9 aromatic rings. The van der Waals surface area contributed by atoms with Crippen LogP contribution in [0.15, 0.2) is 133 Å². The highest BCUT2D eigenvalue weighted by Crippen LogP contribution is 2.32. The average molecular weight is 712 g/mol. The second kappa shape index (κ2) is 14.4. The Kier molecular flexibility index (Phi) is 9.22. The molecule has 2 aromatic heterocycles. The zero-order valence-electron chi connectivity index (χ0n) is 30.0. The number of hydrogen-bond donors (Lipinski definition) is 0. The number of hydrogen-bond acceptors (Lipinski definition) is 4. The van der Waals surface area contributed by atoms with E-state index in [0.29, 0.717) is 65.1 Å². The fourth-order valence-corrected chi connectivity index (χ4v) is 8.41.